The van der Waals surface area contributed by atoms with Gasteiger partial charge in [-0.3, -0.25) is 4.40 Å². The maximum Gasteiger partial charge on any atom is 0.158 e. The fourth-order valence-corrected chi connectivity index (χ4v) is 3.86. The molecule has 0 atom stereocenters. The van der Waals surface area contributed by atoms with Crippen molar-refractivity contribution in [1.82, 2.24) is 9.38 Å². The number of methoxy groups -OCH3 is 1. The molecule has 0 bridgehead atoms. The van der Waals surface area contributed by atoms with E-state index in [1.165, 1.54) is 0 Å². The molecule has 0 radical (unpaired) electrons. The van der Waals surface area contributed by atoms with Crippen LogP contribution in [0.25, 0.3) is 16.9 Å². The second-order valence-electron chi connectivity index (χ2n) is 6.60. The van der Waals surface area contributed by atoms with Crippen molar-refractivity contribution < 1.29 is 4.74 Å². The van der Waals surface area contributed by atoms with Gasteiger partial charge in [-0.05, 0) is 43.2 Å². The maximum absolute atomic E-state index is 6.45. The number of ether oxygens (including phenoxy) is 1. The van der Waals surface area contributed by atoms with Gasteiger partial charge in [-0.2, -0.15) is 0 Å². The normalized spacial score (nSPS) is 11.0. The summed E-state index contributed by atoms with van der Waals surface area (Å²) in [6.07, 6.45) is 1.81. The van der Waals surface area contributed by atoms with E-state index in [4.69, 9.17) is 32.9 Å². The van der Waals surface area contributed by atoms with E-state index >= 15 is 0 Å². The van der Waals surface area contributed by atoms with Crippen LogP contribution in [0.1, 0.15) is 11.1 Å². The minimum Gasteiger partial charge on any atom is -0.496 e. The van der Waals surface area contributed by atoms with Gasteiger partial charge in [0.25, 0.3) is 0 Å². The maximum atomic E-state index is 6.45. The average Bonchev–Trinajstić information content (AvgIpc) is 3.03. The molecule has 0 amide bonds. The second-order valence-corrected chi connectivity index (χ2v) is 7.44. The van der Waals surface area contributed by atoms with Crippen LogP contribution in [0.3, 0.4) is 0 Å². The number of halogens is 2. The molecule has 0 fully saturated rings. The van der Waals surface area contributed by atoms with Crippen molar-refractivity contribution in [1.29, 1.82) is 0 Å². The summed E-state index contributed by atoms with van der Waals surface area (Å²) in [7, 11) is 1.65. The summed E-state index contributed by atoms with van der Waals surface area (Å²) < 4.78 is 7.45. The Morgan fingerprint density at radius 2 is 1.71 bits per heavy atom. The molecule has 6 heteroatoms. The third-order valence-electron chi connectivity index (χ3n) is 4.73. The molecule has 4 nitrogen and oxygen atoms in total. The van der Waals surface area contributed by atoms with Gasteiger partial charge in [0.15, 0.2) is 5.65 Å². The van der Waals surface area contributed by atoms with E-state index in [1.54, 1.807) is 13.2 Å². The summed E-state index contributed by atoms with van der Waals surface area (Å²) in [5.74, 6) is 1.51. The van der Waals surface area contributed by atoms with E-state index in [9.17, 15) is 0 Å². The number of fused-ring (bicyclic) bond motifs is 1. The summed E-state index contributed by atoms with van der Waals surface area (Å²) in [5.41, 5.74) is 5.53. The molecule has 28 heavy (non-hydrogen) atoms. The summed E-state index contributed by atoms with van der Waals surface area (Å²) in [4.78, 5) is 4.82. The first-order chi connectivity index (χ1) is 13.5. The fourth-order valence-electron chi connectivity index (χ4n) is 3.35. The highest BCUT2D eigenvalue weighted by molar-refractivity contribution is 6.36. The molecular weight excluding hydrogens is 393 g/mol. The SMILES string of the molecule is COc1ccccc1-c1nc2c(Cl)cc(Cl)cn2c1Nc1c(C)cccc1C. The van der Waals surface area contributed by atoms with Gasteiger partial charge in [0, 0.05) is 17.4 Å². The Morgan fingerprint density at radius 3 is 2.43 bits per heavy atom. The Hall–Kier alpha value is -2.69. The molecular formula is C22H19Cl2N3O. The van der Waals surface area contributed by atoms with Crippen molar-refractivity contribution in [3.05, 3.63) is 75.9 Å². The van der Waals surface area contributed by atoms with Gasteiger partial charge in [0.2, 0.25) is 0 Å². The molecule has 1 N–H and O–H groups in total. The van der Waals surface area contributed by atoms with Crippen LogP contribution in [-0.2, 0) is 0 Å². The Morgan fingerprint density at radius 1 is 1.00 bits per heavy atom. The molecule has 4 aromatic rings. The van der Waals surface area contributed by atoms with Crippen molar-refractivity contribution in [2.24, 2.45) is 0 Å². The van der Waals surface area contributed by atoms with Gasteiger partial charge >= 0.3 is 0 Å². The van der Waals surface area contributed by atoms with Crippen LogP contribution in [0.4, 0.5) is 11.5 Å². The van der Waals surface area contributed by atoms with Crippen molar-refractivity contribution in [2.75, 3.05) is 12.4 Å². The van der Waals surface area contributed by atoms with Crippen LogP contribution in [-0.4, -0.2) is 16.5 Å². The molecule has 0 saturated carbocycles. The van der Waals surface area contributed by atoms with E-state index in [0.717, 1.165) is 39.6 Å². The third-order valence-corrected chi connectivity index (χ3v) is 5.21. The number of rotatable bonds is 4. The number of nitrogens with one attached hydrogen (secondary N) is 1. The molecule has 2 heterocycles. The molecule has 142 valence electrons. The molecule has 0 saturated heterocycles. The van der Waals surface area contributed by atoms with Crippen LogP contribution < -0.4 is 10.1 Å². The first-order valence-corrected chi connectivity index (χ1v) is 9.59. The number of anilines is 2. The van der Waals surface area contributed by atoms with Gasteiger partial charge in [-0.15, -0.1) is 0 Å². The van der Waals surface area contributed by atoms with E-state index < -0.39 is 0 Å². The van der Waals surface area contributed by atoms with Gasteiger partial charge in [0.05, 0.1) is 17.2 Å². The molecule has 0 spiro atoms. The summed E-state index contributed by atoms with van der Waals surface area (Å²) in [6.45, 7) is 4.14. The van der Waals surface area contributed by atoms with Crippen molar-refractivity contribution >= 4 is 40.4 Å². The largest absolute Gasteiger partial charge is 0.496 e. The number of aryl methyl sites for hydroxylation is 2. The minimum absolute atomic E-state index is 0.484. The highest BCUT2D eigenvalue weighted by Gasteiger charge is 2.20. The molecule has 0 aliphatic carbocycles. The van der Waals surface area contributed by atoms with Gasteiger partial charge in [-0.25, -0.2) is 4.98 Å². The number of benzene rings is 2. The lowest BCUT2D eigenvalue weighted by Crippen LogP contribution is -2.01. The molecule has 0 aliphatic rings. The third kappa shape index (κ3) is 3.19. The Balaban J connectivity index is 2.02. The number of para-hydroxylation sites is 2. The Labute approximate surface area is 173 Å². The topological polar surface area (TPSA) is 38.6 Å². The Bertz CT molecular complexity index is 1160. The Kier molecular flexibility index (Phi) is 4.92. The highest BCUT2D eigenvalue weighted by atomic mass is 35.5. The number of aromatic nitrogens is 2. The predicted molar refractivity (Wildman–Crippen MR) is 116 cm³/mol. The number of nitrogens with zero attached hydrogens (tertiary/aromatic N) is 2. The number of hydrogen-bond donors (Lipinski definition) is 1. The number of imidazole rings is 1. The molecule has 4 rings (SSSR count). The molecule has 2 aromatic carbocycles. The fraction of sp³-hybridized carbons (Fsp3) is 0.136. The number of hydrogen-bond acceptors (Lipinski definition) is 3. The van der Waals surface area contributed by atoms with Crippen molar-refractivity contribution in [3.63, 3.8) is 0 Å². The first-order valence-electron chi connectivity index (χ1n) is 8.83. The van der Waals surface area contributed by atoms with Crippen LogP contribution in [0.5, 0.6) is 5.75 Å². The number of pyridine rings is 1. The zero-order chi connectivity index (χ0) is 19.8. The standard InChI is InChI=1S/C22H19Cl2N3O/c1-13-7-6-8-14(2)19(13)25-22-20(16-9-4-5-10-18(16)28-3)26-21-17(24)11-15(23)12-27(21)22/h4-12,25H,1-3H3. The lowest BCUT2D eigenvalue weighted by molar-refractivity contribution is 0.416. The average molecular weight is 412 g/mol. The van der Waals surface area contributed by atoms with Crippen LogP contribution >= 0.6 is 23.2 Å². The van der Waals surface area contributed by atoms with Crippen LogP contribution in [0, 0.1) is 13.8 Å². The van der Waals surface area contributed by atoms with E-state index in [0.29, 0.717) is 15.7 Å². The van der Waals surface area contributed by atoms with Gasteiger partial charge in [-0.1, -0.05) is 53.5 Å². The summed E-state index contributed by atoms with van der Waals surface area (Å²) in [5, 5.41) is 4.58. The lowest BCUT2D eigenvalue weighted by atomic mass is 10.1. The highest BCUT2D eigenvalue weighted by Crippen LogP contribution is 2.39. The molecule has 0 aliphatic heterocycles. The smallest absolute Gasteiger partial charge is 0.158 e. The monoisotopic (exact) mass is 411 g/mol. The van der Waals surface area contributed by atoms with E-state index in [2.05, 4.69) is 31.3 Å². The summed E-state index contributed by atoms with van der Waals surface area (Å²) >= 11 is 12.7. The van der Waals surface area contributed by atoms with Gasteiger partial charge in [0.1, 0.15) is 17.3 Å². The van der Waals surface area contributed by atoms with Crippen molar-refractivity contribution in [3.8, 4) is 17.0 Å². The minimum atomic E-state index is 0.484. The second kappa shape index (κ2) is 7.38. The van der Waals surface area contributed by atoms with Crippen molar-refractivity contribution in [2.45, 2.75) is 13.8 Å². The zero-order valence-corrected chi connectivity index (χ0v) is 17.3. The molecule has 0 unspecified atom stereocenters. The zero-order valence-electron chi connectivity index (χ0n) is 15.8. The predicted octanol–water partition coefficient (Wildman–Crippen LogP) is 6.68. The van der Waals surface area contributed by atoms with Crippen LogP contribution in [0.2, 0.25) is 10.0 Å². The summed E-state index contributed by atoms with van der Waals surface area (Å²) in [6, 6.07) is 15.7. The van der Waals surface area contributed by atoms with E-state index in [-0.39, 0.29) is 0 Å². The van der Waals surface area contributed by atoms with Gasteiger partial charge < -0.3 is 10.1 Å². The van der Waals surface area contributed by atoms with E-state index in [1.807, 2.05) is 40.9 Å². The first kappa shape index (κ1) is 18.7. The molecule has 2 aromatic heterocycles. The quantitative estimate of drug-likeness (QED) is 0.407. The lowest BCUT2D eigenvalue weighted by Gasteiger charge is -2.15. The van der Waals surface area contributed by atoms with Crippen LogP contribution in [0.15, 0.2) is 54.7 Å².